The number of hydrogen-bond acceptors (Lipinski definition) is 4. The molecule has 0 aromatic rings. The predicted octanol–water partition coefficient (Wildman–Crippen LogP) is 3.39. The fourth-order valence-corrected chi connectivity index (χ4v) is 2.73. The molecule has 0 aliphatic heterocycles. The number of aliphatic carboxylic acids is 1. The summed E-state index contributed by atoms with van der Waals surface area (Å²) < 4.78 is 0. The Morgan fingerprint density at radius 2 is 1.39 bits per heavy atom. The fraction of sp³-hybridized carbons (Fsp3) is 0.889. The summed E-state index contributed by atoms with van der Waals surface area (Å²) in [5.41, 5.74) is 9.52. The Morgan fingerprint density at radius 1 is 0.870 bits per heavy atom. The third-order valence-electron chi connectivity index (χ3n) is 4.41. The molecule has 1 atom stereocenters. The lowest BCUT2D eigenvalue weighted by Crippen LogP contribution is -2.54. The van der Waals surface area contributed by atoms with Crippen LogP contribution >= 0.6 is 0 Å². The zero-order valence-electron chi connectivity index (χ0n) is 14.8. The van der Waals surface area contributed by atoms with Crippen molar-refractivity contribution in [3.8, 4) is 0 Å². The Kier molecular flexibility index (Phi) is 12.9. The quantitative estimate of drug-likeness (QED) is 0.297. The summed E-state index contributed by atoms with van der Waals surface area (Å²) in [7, 11) is 0. The maximum Gasteiger partial charge on any atom is 0.331 e. The summed E-state index contributed by atoms with van der Waals surface area (Å²) in [4.78, 5) is 23.5. The minimum Gasteiger partial charge on any atom is -0.480 e. The summed E-state index contributed by atoms with van der Waals surface area (Å²) in [6, 6.07) is 0. The highest BCUT2D eigenvalue weighted by Gasteiger charge is 2.40. The van der Waals surface area contributed by atoms with Crippen molar-refractivity contribution in [2.24, 2.45) is 11.5 Å². The van der Waals surface area contributed by atoms with Crippen LogP contribution in [0.5, 0.6) is 0 Å². The molecule has 0 unspecified atom stereocenters. The lowest BCUT2D eigenvalue weighted by atomic mass is 9.86. The van der Waals surface area contributed by atoms with E-state index in [-0.39, 0.29) is 18.6 Å². The van der Waals surface area contributed by atoms with E-state index in [0.717, 1.165) is 19.3 Å². The first-order valence-corrected chi connectivity index (χ1v) is 9.24. The first-order valence-electron chi connectivity index (χ1n) is 9.24. The van der Waals surface area contributed by atoms with Crippen LogP contribution in [0.3, 0.4) is 0 Å². The molecule has 0 saturated heterocycles. The number of hydrogen-bond donors (Lipinski definition) is 3. The molecule has 5 N–H and O–H groups in total. The number of unbranched alkanes of at least 4 members (excludes halogenated alkanes) is 9. The standard InChI is InChI=1S/C18H36N2O3/c1-2-3-4-5-6-7-8-9-10-13-16(21)18(20,17(22)23)14-11-12-15-19/h2-15,19-20H2,1H3,(H,22,23)/t18-/m1/s1. The van der Waals surface area contributed by atoms with E-state index in [1.807, 2.05) is 0 Å². The van der Waals surface area contributed by atoms with Crippen molar-refractivity contribution < 1.29 is 14.7 Å². The van der Waals surface area contributed by atoms with Crippen LogP contribution in [0.25, 0.3) is 0 Å². The van der Waals surface area contributed by atoms with E-state index in [0.29, 0.717) is 19.4 Å². The molecule has 5 nitrogen and oxygen atoms in total. The van der Waals surface area contributed by atoms with Gasteiger partial charge >= 0.3 is 5.97 Å². The predicted molar refractivity (Wildman–Crippen MR) is 94.3 cm³/mol. The van der Waals surface area contributed by atoms with E-state index in [1.165, 1.54) is 38.5 Å². The van der Waals surface area contributed by atoms with Crippen LogP contribution in [0, 0.1) is 0 Å². The number of carboxylic acid groups (broad SMARTS) is 1. The average molecular weight is 328 g/mol. The first-order chi connectivity index (χ1) is 11.0. The summed E-state index contributed by atoms with van der Waals surface area (Å²) in [6.45, 7) is 2.70. The second kappa shape index (κ2) is 13.5. The van der Waals surface area contributed by atoms with Crippen LogP contribution in [0.15, 0.2) is 0 Å². The molecule has 0 fully saturated rings. The Balaban J connectivity index is 3.89. The van der Waals surface area contributed by atoms with Crippen molar-refractivity contribution in [2.45, 2.75) is 95.9 Å². The highest BCUT2D eigenvalue weighted by molar-refractivity contribution is 6.07. The lowest BCUT2D eigenvalue weighted by molar-refractivity contribution is -0.148. The molecule has 0 aliphatic carbocycles. The van der Waals surface area contributed by atoms with Gasteiger partial charge in [-0.05, 0) is 32.2 Å². The molecule has 0 rings (SSSR count). The van der Waals surface area contributed by atoms with Crippen LogP contribution in [-0.2, 0) is 9.59 Å². The number of ketones is 1. The van der Waals surface area contributed by atoms with Gasteiger partial charge in [-0.25, -0.2) is 4.79 Å². The molecule has 0 amide bonds. The molecule has 0 aromatic carbocycles. The van der Waals surface area contributed by atoms with Crippen LogP contribution in [-0.4, -0.2) is 28.9 Å². The second-order valence-corrected chi connectivity index (χ2v) is 6.52. The number of carbonyl (C=O) groups excluding carboxylic acids is 1. The lowest BCUT2D eigenvalue weighted by Gasteiger charge is -2.23. The number of rotatable bonds is 16. The topological polar surface area (TPSA) is 106 Å². The number of Topliss-reactive ketones (excluding diaryl/α,β-unsaturated/α-hetero) is 1. The van der Waals surface area contributed by atoms with E-state index in [4.69, 9.17) is 11.5 Å². The highest BCUT2D eigenvalue weighted by Crippen LogP contribution is 2.18. The third kappa shape index (κ3) is 9.72. The normalized spacial score (nSPS) is 13.7. The van der Waals surface area contributed by atoms with Gasteiger partial charge in [0.15, 0.2) is 11.3 Å². The first kappa shape index (κ1) is 22.1. The van der Waals surface area contributed by atoms with Crippen LogP contribution in [0.1, 0.15) is 90.4 Å². The Hall–Kier alpha value is -0.940. The van der Waals surface area contributed by atoms with Gasteiger partial charge in [0.2, 0.25) is 0 Å². The van der Waals surface area contributed by atoms with Crippen LogP contribution < -0.4 is 11.5 Å². The second-order valence-electron chi connectivity index (χ2n) is 6.52. The van der Waals surface area contributed by atoms with Gasteiger partial charge in [-0.2, -0.15) is 0 Å². The maximum absolute atomic E-state index is 12.2. The van der Waals surface area contributed by atoms with Gasteiger partial charge in [0.25, 0.3) is 0 Å². The molecule has 5 heteroatoms. The van der Waals surface area contributed by atoms with Gasteiger partial charge in [0.05, 0.1) is 0 Å². The van der Waals surface area contributed by atoms with Crippen molar-refractivity contribution in [1.29, 1.82) is 0 Å². The van der Waals surface area contributed by atoms with E-state index < -0.39 is 11.5 Å². The van der Waals surface area contributed by atoms with E-state index in [1.54, 1.807) is 0 Å². The zero-order chi connectivity index (χ0) is 17.6. The van der Waals surface area contributed by atoms with Crippen LogP contribution in [0.2, 0.25) is 0 Å². The fourth-order valence-electron chi connectivity index (χ4n) is 2.73. The van der Waals surface area contributed by atoms with E-state index in [2.05, 4.69) is 6.92 Å². The monoisotopic (exact) mass is 328 g/mol. The SMILES string of the molecule is CCCCCCCCCCCC(=O)[C@](N)(CCCCN)C(=O)O. The molecule has 23 heavy (non-hydrogen) atoms. The van der Waals surface area contributed by atoms with Crippen molar-refractivity contribution in [2.75, 3.05) is 6.54 Å². The summed E-state index contributed by atoms with van der Waals surface area (Å²) in [5, 5.41) is 9.27. The third-order valence-corrected chi connectivity index (χ3v) is 4.41. The van der Waals surface area contributed by atoms with Crippen molar-refractivity contribution in [1.82, 2.24) is 0 Å². The van der Waals surface area contributed by atoms with Gasteiger partial charge in [0.1, 0.15) is 0 Å². The molecule has 0 radical (unpaired) electrons. The Morgan fingerprint density at radius 3 is 1.87 bits per heavy atom. The molecule has 0 spiro atoms. The van der Waals surface area contributed by atoms with Gasteiger partial charge in [-0.15, -0.1) is 0 Å². The van der Waals surface area contributed by atoms with Gasteiger partial charge in [0, 0.05) is 6.42 Å². The molecule has 0 aliphatic rings. The highest BCUT2D eigenvalue weighted by atomic mass is 16.4. The van der Waals surface area contributed by atoms with Crippen molar-refractivity contribution >= 4 is 11.8 Å². The molecule has 0 bridgehead atoms. The molecular formula is C18H36N2O3. The molecule has 0 saturated carbocycles. The van der Waals surface area contributed by atoms with Gasteiger partial charge in [-0.3, -0.25) is 4.79 Å². The van der Waals surface area contributed by atoms with Crippen molar-refractivity contribution in [3.05, 3.63) is 0 Å². The number of carbonyl (C=O) groups is 2. The minimum atomic E-state index is -1.73. The molecule has 136 valence electrons. The Bertz CT molecular complexity index is 334. The molecule has 0 heterocycles. The van der Waals surface area contributed by atoms with Crippen molar-refractivity contribution in [3.63, 3.8) is 0 Å². The minimum absolute atomic E-state index is 0.176. The Labute approximate surface area is 141 Å². The summed E-state index contributed by atoms with van der Waals surface area (Å²) in [6.07, 6.45) is 12.1. The van der Waals surface area contributed by atoms with Gasteiger partial charge in [-0.1, -0.05) is 58.3 Å². The molecular weight excluding hydrogens is 292 g/mol. The number of carboxylic acids is 1. The maximum atomic E-state index is 12.2. The summed E-state index contributed by atoms with van der Waals surface area (Å²) >= 11 is 0. The summed E-state index contributed by atoms with van der Waals surface area (Å²) in [5.74, 6) is -1.56. The zero-order valence-corrected chi connectivity index (χ0v) is 14.8. The smallest absolute Gasteiger partial charge is 0.331 e. The van der Waals surface area contributed by atoms with E-state index >= 15 is 0 Å². The largest absolute Gasteiger partial charge is 0.480 e. The molecule has 0 aromatic heterocycles. The number of nitrogens with two attached hydrogens (primary N) is 2. The van der Waals surface area contributed by atoms with Gasteiger partial charge < -0.3 is 16.6 Å². The average Bonchev–Trinajstić information content (AvgIpc) is 2.52. The van der Waals surface area contributed by atoms with Crippen LogP contribution in [0.4, 0.5) is 0 Å². The van der Waals surface area contributed by atoms with E-state index in [9.17, 15) is 14.7 Å².